The molecule has 16 heavy (non-hydrogen) atoms. The second-order valence-corrected chi connectivity index (χ2v) is 4.10. The van der Waals surface area contributed by atoms with E-state index in [1.165, 1.54) is 15.6 Å². The van der Waals surface area contributed by atoms with Crippen molar-refractivity contribution in [1.82, 2.24) is 14.3 Å². The minimum atomic E-state index is -0.577. The lowest BCUT2D eigenvalue weighted by Gasteiger charge is -1.99. The molecule has 2 rings (SSSR count). The van der Waals surface area contributed by atoms with Crippen molar-refractivity contribution in [3.05, 3.63) is 45.5 Å². The normalized spacial score (nSPS) is 10.6. The molecule has 0 aliphatic rings. The number of rotatable bonds is 3. The van der Waals surface area contributed by atoms with E-state index in [2.05, 4.69) is 21.0 Å². The van der Waals surface area contributed by atoms with E-state index in [0.29, 0.717) is 5.69 Å². The Morgan fingerprint density at radius 1 is 1.31 bits per heavy atom. The van der Waals surface area contributed by atoms with Crippen LogP contribution < -0.4 is 5.69 Å². The summed E-state index contributed by atoms with van der Waals surface area (Å²) < 4.78 is 15.5. The molecule has 0 unspecified atom stereocenters. The summed E-state index contributed by atoms with van der Waals surface area (Å²) in [5.74, 6) is 0. The van der Waals surface area contributed by atoms with Gasteiger partial charge in [-0.3, -0.25) is 4.57 Å². The van der Waals surface area contributed by atoms with Gasteiger partial charge in [0.1, 0.15) is 13.0 Å². The van der Waals surface area contributed by atoms with Crippen molar-refractivity contribution >= 4 is 15.9 Å². The van der Waals surface area contributed by atoms with Crippen LogP contribution in [0.2, 0.25) is 0 Å². The Kier molecular flexibility index (Phi) is 3.19. The molecule has 0 atom stereocenters. The monoisotopic (exact) mass is 285 g/mol. The molecule has 6 heteroatoms. The molecule has 84 valence electrons. The van der Waals surface area contributed by atoms with Crippen molar-refractivity contribution in [3.63, 3.8) is 0 Å². The Morgan fingerprint density at radius 2 is 2.00 bits per heavy atom. The summed E-state index contributed by atoms with van der Waals surface area (Å²) in [5, 5.41) is 3.92. The predicted octanol–water partition coefficient (Wildman–Crippen LogP) is 1.77. The Morgan fingerprint density at radius 3 is 2.62 bits per heavy atom. The van der Waals surface area contributed by atoms with Crippen molar-refractivity contribution in [1.29, 1.82) is 0 Å². The van der Waals surface area contributed by atoms with E-state index in [1.54, 1.807) is 12.1 Å². The standard InChI is InChI=1S/C10H9BrFN3O/c11-8-1-3-9(4-2-8)15-10(16)14(6-5-12)7-13-15/h1-4,7H,5-6H2. The third-order valence-corrected chi connectivity index (χ3v) is 2.66. The van der Waals surface area contributed by atoms with Gasteiger partial charge >= 0.3 is 5.69 Å². The maximum Gasteiger partial charge on any atom is 0.350 e. The fourth-order valence-corrected chi connectivity index (χ4v) is 1.60. The van der Waals surface area contributed by atoms with Gasteiger partial charge in [0, 0.05) is 4.47 Å². The zero-order valence-electron chi connectivity index (χ0n) is 8.31. The Labute approximate surface area is 99.4 Å². The van der Waals surface area contributed by atoms with Crippen LogP contribution in [0.25, 0.3) is 5.69 Å². The molecule has 0 spiro atoms. The van der Waals surface area contributed by atoms with Gasteiger partial charge in [0.05, 0.1) is 12.2 Å². The second kappa shape index (κ2) is 4.61. The van der Waals surface area contributed by atoms with Crippen molar-refractivity contribution in [2.75, 3.05) is 6.67 Å². The van der Waals surface area contributed by atoms with Gasteiger partial charge in [-0.25, -0.2) is 9.18 Å². The summed E-state index contributed by atoms with van der Waals surface area (Å²) in [6.07, 6.45) is 1.34. The molecular formula is C10H9BrFN3O. The highest BCUT2D eigenvalue weighted by Crippen LogP contribution is 2.11. The number of aryl methyl sites for hydroxylation is 1. The quantitative estimate of drug-likeness (QED) is 0.862. The first-order valence-corrected chi connectivity index (χ1v) is 5.48. The van der Waals surface area contributed by atoms with Crippen molar-refractivity contribution < 1.29 is 4.39 Å². The van der Waals surface area contributed by atoms with Gasteiger partial charge in [-0.15, -0.1) is 0 Å². The topological polar surface area (TPSA) is 39.8 Å². The molecule has 0 aliphatic carbocycles. The maximum atomic E-state index is 12.1. The summed E-state index contributed by atoms with van der Waals surface area (Å²) in [6.45, 7) is -0.540. The van der Waals surface area contributed by atoms with Gasteiger partial charge in [-0.2, -0.15) is 9.78 Å². The number of hydrogen-bond acceptors (Lipinski definition) is 2. The summed E-state index contributed by atoms with van der Waals surface area (Å²) in [4.78, 5) is 11.7. The first kappa shape index (κ1) is 11.1. The minimum absolute atomic E-state index is 0.0371. The largest absolute Gasteiger partial charge is 0.350 e. The van der Waals surface area contributed by atoms with Gasteiger partial charge in [-0.1, -0.05) is 15.9 Å². The molecule has 0 bridgehead atoms. The van der Waals surface area contributed by atoms with Gasteiger partial charge in [0.25, 0.3) is 0 Å². The number of hydrogen-bond donors (Lipinski definition) is 0. The van der Waals surface area contributed by atoms with E-state index in [4.69, 9.17) is 0 Å². The van der Waals surface area contributed by atoms with Crippen LogP contribution in [0.15, 0.2) is 39.9 Å². The van der Waals surface area contributed by atoms with E-state index >= 15 is 0 Å². The highest BCUT2D eigenvalue weighted by molar-refractivity contribution is 9.10. The molecular weight excluding hydrogens is 277 g/mol. The van der Waals surface area contributed by atoms with Gasteiger partial charge in [0.2, 0.25) is 0 Å². The Bertz CT molecular complexity index is 532. The van der Waals surface area contributed by atoms with Crippen molar-refractivity contribution in [2.24, 2.45) is 0 Å². The molecule has 4 nitrogen and oxygen atoms in total. The highest BCUT2D eigenvalue weighted by Gasteiger charge is 2.06. The third kappa shape index (κ3) is 2.06. The summed E-state index contributed by atoms with van der Waals surface area (Å²) in [5.41, 5.74) is 0.325. The Balaban J connectivity index is 2.41. The number of alkyl halides is 1. The molecule has 2 aromatic rings. The van der Waals surface area contributed by atoms with Crippen LogP contribution in [0, 0.1) is 0 Å². The molecule has 0 amide bonds. The van der Waals surface area contributed by atoms with Crippen LogP contribution in [0.4, 0.5) is 4.39 Å². The SMILES string of the molecule is O=c1n(CCF)cnn1-c1ccc(Br)cc1. The summed E-state index contributed by atoms with van der Waals surface area (Å²) in [7, 11) is 0. The number of nitrogens with zero attached hydrogens (tertiary/aromatic N) is 3. The maximum absolute atomic E-state index is 12.1. The fourth-order valence-electron chi connectivity index (χ4n) is 1.34. The molecule has 1 heterocycles. The zero-order chi connectivity index (χ0) is 11.5. The zero-order valence-corrected chi connectivity index (χ0v) is 9.89. The molecule has 0 N–H and O–H groups in total. The first-order chi connectivity index (χ1) is 7.72. The van der Waals surface area contributed by atoms with Gasteiger partial charge < -0.3 is 0 Å². The molecule has 0 saturated carbocycles. The van der Waals surface area contributed by atoms with Crippen LogP contribution in [-0.2, 0) is 6.54 Å². The van der Waals surface area contributed by atoms with E-state index in [0.717, 1.165) is 4.47 Å². The van der Waals surface area contributed by atoms with Crippen LogP contribution in [0.3, 0.4) is 0 Å². The number of halogens is 2. The average molecular weight is 286 g/mol. The predicted molar refractivity (Wildman–Crippen MR) is 61.5 cm³/mol. The second-order valence-electron chi connectivity index (χ2n) is 3.18. The van der Waals surface area contributed by atoms with Crippen molar-refractivity contribution in [2.45, 2.75) is 6.54 Å². The molecule has 1 aromatic heterocycles. The van der Waals surface area contributed by atoms with Gasteiger partial charge in [-0.05, 0) is 24.3 Å². The lowest BCUT2D eigenvalue weighted by atomic mass is 10.3. The molecule has 0 saturated heterocycles. The van der Waals surface area contributed by atoms with E-state index < -0.39 is 6.67 Å². The highest BCUT2D eigenvalue weighted by atomic mass is 79.9. The average Bonchev–Trinajstić information content (AvgIpc) is 2.63. The number of aromatic nitrogens is 3. The van der Waals surface area contributed by atoms with Crippen LogP contribution >= 0.6 is 15.9 Å². The van der Waals surface area contributed by atoms with Gasteiger partial charge in [0.15, 0.2) is 0 Å². The molecule has 1 aromatic carbocycles. The summed E-state index contributed by atoms with van der Waals surface area (Å²) >= 11 is 3.30. The molecule has 0 fully saturated rings. The molecule has 0 radical (unpaired) electrons. The van der Waals surface area contributed by atoms with Crippen LogP contribution in [0.5, 0.6) is 0 Å². The molecule has 0 aliphatic heterocycles. The third-order valence-electron chi connectivity index (χ3n) is 2.13. The number of benzene rings is 1. The van der Waals surface area contributed by atoms with Crippen LogP contribution in [0.1, 0.15) is 0 Å². The Hall–Kier alpha value is -1.43. The van der Waals surface area contributed by atoms with E-state index in [9.17, 15) is 9.18 Å². The fraction of sp³-hybridized carbons (Fsp3) is 0.200. The first-order valence-electron chi connectivity index (χ1n) is 4.69. The van der Waals surface area contributed by atoms with E-state index in [-0.39, 0.29) is 12.2 Å². The summed E-state index contributed by atoms with van der Waals surface area (Å²) in [6, 6.07) is 7.16. The van der Waals surface area contributed by atoms with E-state index in [1.807, 2.05) is 12.1 Å². The minimum Gasteiger partial charge on any atom is -0.279 e. The van der Waals surface area contributed by atoms with Crippen molar-refractivity contribution in [3.8, 4) is 5.69 Å². The lowest BCUT2D eigenvalue weighted by molar-refractivity contribution is 0.439. The smallest absolute Gasteiger partial charge is 0.279 e. The van der Waals surface area contributed by atoms with Crippen LogP contribution in [-0.4, -0.2) is 21.0 Å². The lowest BCUT2D eigenvalue weighted by Crippen LogP contribution is -2.24.